The van der Waals surface area contributed by atoms with Gasteiger partial charge in [-0.2, -0.15) is 0 Å². The summed E-state index contributed by atoms with van der Waals surface area (Å²) in [5, 5.41) is 22.1. The fourth-order valence-electron chi connectivity index (χ4n) is 6.81. The van der Waals surface area contributed by atoms with E-state index >= 15 is 0 Å². The van der Waals surface area contributed by atoms with Crippen LogP contribution >= 0.6 is 0 Å². The van der Waals surface area contributed by atoms with Gasteiger partial charge in [0.2, 0.25) is 0 Å². The number of aryl methyl sites for hydroxylation is 1. The Morgan fingerprint density at radius 1 is 0.903 bits per heavy atom. The molecule has 6 nitrogen and oxygen atoms in total. The second-order valence-electron chi connectivity index (χ2n) is 10.9. The first-order valence-corrected chi connectivity index (χ1v) is 12.7. The average molecular weight is 429 g/mol. The molecular formula is C25H40N4O2. The van der Waals surface area contributed by atoms with Gasteiger partial charge < -0.3 is 15.1 Å². The first kappa shape index (κ1) is 21.6. The number of aliphatic hydroxyl groups is 2. The maximum Gasteiger partial charge on any atom is 0.147 e. The maximum atomic E-state index is 11.1. The molecule has 0 aromatic carbocycles. The summed E-state index contributed by atoms with van der Waals surface area (Å²) in [6, 6.07) is 2.26. The van der Waals surface area contributed by atoms with Crippen LogP contribution in [0.5, 0.6) is 0 Å². The summed E-state index contributed by atoms with van der Waals surface area (Å²) in [4.78, 5) is 14.7. The Morgan fingerprint density at radius 3 is 2.26 bits per heavy atom. The van der Waals surface area contributed by atoms with Crippen LogP contribution in [0.1, 0.15) is 88.7 Å². The van der Waals surface area contributed by atoms with Crippen molar-refractivity contribution >= 4 is 5.82 Å². The van der Waals surface area contributed by atoms with E-state index in [-0.39, 0.29) is 6.04 Å². The largest absolute Gasteiger partial charge is 0.390 e. The molecule has 5 atom stereocenters. The van der Waals surface area contributed by atoms with Crippen molar-refractivity contribution in [1.82, 2.24) is 14.9 Å². The molecule has 1 aromatic rings. The van der Waals surface area contributed by atoms with Gasteiger partial charge in [0.25, 0.3) is 0 Å². The molecular weight excluding hydrogens is 388 g/mol. The van der Waals surface area contributed by atoms with E-state index in [9.17, 15) is 10.2 Å². The van der Waals surface area contributed by atoms with Gasteiger partial charge in [-0.15, -0.1) is 0 Å². The number of piperidine rings is 2. The van der Waals surface area contributed by atoms with E-state index in [4.69, 9.17) is 9.97 Å². The topological polar surface area (TPSA) is 72.7 Å². The van der Waals surface area contributed by atoms with E-state index in [1.807, 2.05) is 0 Å². The molecule has 0 bridgehead atoms. The minimum absolute atomic E-state index is 0.154. The Labute approximate surface area is 187 Å². The van der Waals surface area contributed by atoms with Crippen LogP contribution in [0.4, 0.5) is 5.82 Å². The van der Waals surface area contributed by atoms with E-state index in [2.05, 4.69) is 29.7 Å². The summed E-state index contributed by atoms with van der Waals surface area (Å²) in [5.41, 5.74) is 0.109. The van der Waals surface area contributed by atoms with Crippen LogP contribution in [0.15, 0.2) is 6.07 Å². The molecule has 4 aliphatic rings. The summed E-state index contributed by atoms with van der Waals surface area (Å²) in [6.07, 6.45) is 10.7. The highest BCUT2D eigenvalue weighted by molar-refractivity contribution is 5.41. The molecule has 2 saturated carbocycles. The van der Waals surface area contributed by atoms with E-state index in [0.717, 1.165) is 88.5 Å². The molecule has 172 valence electrons. The number of likely N-dealkylation sites (tertiary alicyclic amines) is 1. The third kappa shape index (κ3) is 4.11. The molecule has 2 N–H and O–H groups in total. The van der Waals surface area contributed by atoms with Crippen molar-refractivity contribution in [2.45, 2.75) is 95.3 Å². The van der Waals surface area contributed by atoms with Gasteiger partial charge in [0.15, 0.2) is 0 Å². The molecule has 2 aliphatic carbocycles. The Hall–Kier alpha value is -1.24. The number of hydrogen-bond donors (Lipinski definition) is 2. The zero-order valence-corrected chi connectivity index (χ0v) is 19.4. The number of aromatic nitrogens is 2. The van der Waals surface area contributed by atoms with Gasteiger partial charge >= 0.3 is 0 Å². The SMILES string of the molecule is Cc1cc(N2CC[C@]3(O)CCCC[C@@H]3C2)nc([C@H](C)N2CC[C@]3(O)CCCC[C@H]3C2)n1. The third-order valence-electron chi connectivity index (χ3n) is 8.99. The summed E-state index contributed by atoms with van der Waals surface area (Å²) in [7, 11) is 0. The van der Waals surface area contributed by atoms with Crippen molar-refractivity contribution in [3.05, 3.63) is 17.6 Å². The first-order chi connectivity index (χ1) is 14.9. The highest BCUT2D eigenvalue weighted by Crippen LogP contribution is 2.42. The van der Waals surface area contributed by atoms with Crippen molar-refractivity contribution in [2.24, 2.45) is 11.8 Å². The number of rotatable bonds is 3. The molecule has 0 spiro atoms. The number of hydrogen-bond acceptors (Lipinski definition) is 6. The van der Waals surface area contributed by atoms with E-state index < -0.39 is 11.2 Å². The number of nitrogens with zero attached hydrogens (tertiary/aromatic N) is 4. The van der Waals surface area contributed by atoms with Gasteiger partial charge in [0.05, 0.1) is 17.2 Å². The van der Waals surface area contributed by atoms with Crippen LogP contribution in [-0.4, -0.2) is 62.5 Å². The normalized spacial score (nSPS) is 37.7. The van der Waals surface area contributed by atoms with Crippen molar-refractivity contribution in [3.8, 4) is 0 Å². The Kier molecular flexibility index (Phi) is 5.76. The lowest BCUT2D eigenvalue weighted by Crippen LogP contribution is -2.54. The van der Waals surface area contributed by atoms with Crippen molar-refractivity contribution < 1.29 is 10.2 Å². The maximum absolute atomic E-state index is 11.1. The van der Waals surface area contributed by atoms with Crippen LogP contribution in [0.3, 0.4) is 0 Å². The average Bonchev–Trinajstić information content (AvgIpc) is 2.77. The minimum atomic E-state index is -0.461. The molecule has 0 amide bonds. The molecule has 2 aliphatic heterocycles. The Balaban J connectivity index is 1.32. The van der Waals surface area contributed by atoms with Crippen molar-refractivity contribution in [3.63, 3.8) is 0 Å². The predicted octanol–water partition coefficient (Wildman–Crippen LogP) is 3.60. The quantitative estimate of drug-likeness (QED) is 0.766. The van der Waals surface area contributed by atoms with Crippen molar-refractivity contribution in [1.29, 1.82) is 0 Å². The predicted molar refractivity (Wildman–Crippen MR) is 122 cm³/mol. The van der Waals surface area contributed by atoms with E-state index in [0.29, 0.717) is 11.8 Å². The second kappa shape index (κ2) is 8.27. The summed E-state index contributed by atoms with van der Waals surface area (Å²) < 4.78 is 0. The highest BCUT2D eigenvalue weighted by Gasteiger charge is 2.45. The van der Waals surface area contributed by atoms with Gasteiger partial charge in [-0.1, -0.05) is 25.7 Å². The fraction of sp³-hybridized carbons (Fsp3) is 0.840. The summed E-state index contributed by atoms with van der Waals surface area (Å²) in [6.45, 7) is 7.93. The zero-order valence-electron chi connectivity index (χ0n) is 19.4. The molecule has 5 rings (SSSR count). The molecule has 3 heterocycles. The zero-order chi connectivity index (χ0) is 21.6. The standard InChI is InChI=1S/C25H40N4O2/c1-18-15-22(29-14-12-25(31)10-6-4-8-21(25)17-29)27-23(26-18)19(2)28-13-11-24(30)9-5-3-7-20(24)16-28/h15,19-21,30-31H,3-14,16-17H2,1-2H3/t19-,20-,21+,24+,25+/m0/s1. The monoisotopic (exact) mass is 428 g/mol. The lowest BCUT2D eigenvalue weighted by Gasteiger charge is -2.49. The minimum Gasteiger partial charge on any atom is -0.390 e. The van der Waals surface area contributed by atoms with Gasteiger partial charge in [0, 0.05) is 49.8 Å². The molecule has 1 aromatic heterocycles. The van der Waals surface area contributed by atoms with Gasteiger partial charge in [-0.05, 0) is 52.4 Å². The van der Waals surface area contributed by atoms with Crippen molar-refractivity contribution in [2.75, 3.05) is 31.1 Å². The second-order valence-corrected chi connectivity index (χ2v) is 10.9. The lowest BCUT2D eigenvalue weighted by atomic mass is 9.71. The van der Waals surface area contributed by atoms with Gasteiger partial charge in [-0.25, -0.2) is 9.97 Å². The third-order valence-corrected chi connectivity index (χ3v) is 8.99. The Bertz CT molecular complexity index is 804. The van der Waals surface area contributed by atoms with Crippen LogP contribution in [0, 0.1) is 18.8 Å². The molecule has 0 unspecified atom stereocenters. The van der Waals surface area contributed by atoms with Crippen LogP contribution in [0.25, 0.3) is 0 Å². The Morgan fingerprint density at radius 2 is 1.55 bits per heavy atom. The molecule has 4 fully saturated rings. The van der Waals surface area contributed by atoms with Crippen LogP contribution in [0.2, 0.25) is 0 Å². The first-order valence-electron chi connectivity index (χ1n) is 12.7. The molecule has 0 radical (unpaired) electrons. The molecule has 6 heteroatoms. The smallest absolute Gasteiger partial charge is 0.147 e. The van der Waals surface area contributed by atoms with Crippen LogP contribution in [-0.2, 0) is 0 Å². The van der Waals surface area contributed by atoms with E-state index in [1.165, 1.54) is 19.3 Å². The molecule has 31 heavy (non-hydrogen) atoms. The number of fused-ring (bicyclic) bond motifs is 2. The summed E-state index contributed by atoms with van der Waals surface area (Å²) >= 11 is 0. The van der Waals surface area contributed by atoms with E-state index in [1.54, 1.807) is 0 Å². The molecule has 2 saturated heterocycles. The lowest BCUT2D eigenvalue weighted by molar-refractivity contribution is -0.102. The fourth-order valence-corrected chi connectivity index (χ4v) is 6.81. The van der Waals surface area contributed by atoms with Gasteiger partial charge in [-0.3, -0.25) is 4.90 Å². The van der Waals surface area contributed by atoms with Gasteiger partial charge in [0.1, 0.15) is 11.6 Å². The summed E-state index contributed by atoms with van der Waals surface area (Å²) in [5.74, 6) is 2.67. The number of anilines is 1. The highest BCUT2D eigenvalue weighted by atomic mass is 16.3. The van der Waals surface area contributed by atoms with Crippen LogP contribution < -0.4 is 4.90 Å².